The molecule has 1 aliphatic heterocycles. The molecule has 0 N–H and O–H groups in total. The third-order valence-corrected chi connectivity index (χ3v) is 6.42. The molecule has 0 amide bonds. The van der Waals surface area contributed by atoms with Gasteiger partial charge in [0.25, 0.3) is 0 Å². The summed E-state index contributed by atoms with van der Waals surface area (Å²) in [6.07, 6.45) is 3.68. The molecule has 4 atom stereocenters. The van der Waals surface area contributed by atoms with E-state index in [1.807, 2.05) is 18.2 Å². The van der Waals surface area contributed by atoms with Gasteiger partial charge in [0.15, 0.2) is 13.9 Å². The SMILES string of the molecule is CC(C)[C@@H]1O[C@]12CCC[C@H](C)[C@@]2(C#Cc1ccccc1)O[Si](C)(C)C. The molecule has 0 radical (unpaired) electrons. The van der Waals surface area contributed by atoms with Gasteiger partial charge in [0, 0.05) is 5.56 Å². The van der Waals surface area contributed by atoms with Gasteiger partial charge in [-0.3, -0.25) is 0 Å². The highest BCUT2D eigenvalue weighted by Gasteiger charge is 2.73. The molecule has 3 heteroatoms. The third-order valence-electron chi connectivity index (χ3n) is 5.49. The Balaban J connectivity index is 2.07. The van der Waals surface area contributed by atoms with E-state index in [1.165, 1.54) is 6.42 Å². The zero-order valence-corrected chi connectivity index (χ0v) is 17.6. The quantitative estimate of drug-likeness (QED) is 0.419. The Bertz CT molecular complexity index is 667. The molecule has 1 spiro atoms. The minimum absolute atomic E-state index is 0.221. The van der Waals surface area contributed by atoms with Gasteiger partial charge in [-0.15, -0.1) is 0 Å². The van der Waals surface area contributed by atoms with Gasteiger partial charge in [-0.05, 0) is 62.9 Å². The maximum Gasteiger partial charge on any atom is 0.185 e. The van der Waals surface area contributed by atoms with Gasteiger partial charge in [-0.25, -0.2) is 0 Å². The highest BCUT2D eigenvalue weighted by Crippen LogP contribution is 2.60. The maximum absolute atomic E-state index is 6.90. The van der Waals surface area contributed by atoms with Crippen molar-refractivity contribution in [2.75, 3.05) is 0 Å². The van der Waals surface area contributed by atoms with E-state index >= 15 is 0 Å². The van der Waals surface area contributed by atoms with Gasteiger partial charge in [-0.1, -0.05) is 50.8 Å². The Morgan fingerprint density at radius 3 is 2.44 bits per heavy atom. The van der Waals surface area contributed by atoms with Crippen LogP contribution < -0.4 is 0 Å². The molecular formula is C22H32O2Si. The van der Waals surface area contributed by atoms with Gasteiger partial charge < -0.3 is 9.16 Å². The van der Waals surface area contributed by atoms with Crippen LogP contribution in [0.4, 0.5) is 0 Å². The molecule has 1 aromatic rings. The number of ether oxygens (including phenoxy) is 1. The zero-order valence-electron chi connectivity index (χ0n) is 16.6. The fourth-order valence-corrected chi connectivity index (χ4v) is 5.85. The fraction of sp³-hybridized carbons (Fsp3) is 0.636. The van der Waals surface area contributed by atoms with Gasteiger partial charge in [-0.2, -0.15) is 0 Å². The number of benzene rings is 1. The molecule has 1 aliphatic carbocycles. The summed E-state index contributed by atoms with van der Waals surface area (Å²) in [7, 11) is -1.79. The van der Waals surface area contributed by atoms with Gasteiger partial charge in [0.2, 0.25) is 0 Å². The maximum atomic E-state index is 6.90. The van der Waals surface area contributed by atoms with E-state index in [1.54, 1.807) is 0 Å². The molecule has 25 heavy (non-hydrogen) atoms. The summed E-state index contributed by atoms with van der Waals surface area (Å²) in [6, 6.07) is 10.3. The van der Waals surface area contributed by atoms with Crippen molar-refractivity contribution < 1.29 is 9.16 Å². The smallest absolute Gasteiger partial charge is 0.185 e. The van der Waals surface area contributed by atoms with Crippen LogP contribution in [0.2, 0.25) is 19.6 Å². The third kappa shape index (κ3) is 3.45. The van der Waals surface area contributed by atoms with E-state index < -0.39 is 13.9 Å². The first-order valence-corrected chi connectivity index (χ1v) is 13.1. The van der Waals surface area contributed by atoms with Crippen molar-refractivity contribution in [3.8, 4) is 11.8 Å². The summed E-state index contributed by atoms with van der Waals surface area (Å²) in [5.41, 5.74) is 0.345. The molecular weight excluding hydrogens is 324 g/mol. The van der Waals surface area contributed by atoms with Gasteiger partial charge in [0.05, 0.1) is 6.10 Å². The van der Waals surface area contributed by atoms with Crippen molar-refractivity contribution >= 4 is 8.32 Å². The lowest BCUT2D eigenvalue weighted by molar-refractivity contribution is -0.0423. The molecule has 1 heterocycles. The molecule has 2 aliphatic rings. The largest absolute Gasteiger partial charge is 0.399 e. The average molecular weight is 357 g/mol. The van der Waals surface area contributed by atoms with E-state index in [0.29, 0.717) is 11.8 Å². The van der Waals surface area contributed by atoms with E-state index in [-0.39, 0.29) is 11.7 Å². The molecule has 0 unspecified atom stereocenters. The van der Waals surface area contributed by atoms with Crippen molar-refractivity contribution in [2.24, 2.45) is 11.8 Å². The second-order valence-corrected chi connectivity index (χ2v) is 13.5. The fourth-order valence-electron chi connectivity index (χ4n) is 4.46. The lowest BCUT2D eigenvalue weighted by Crippen LogP contribution is -2.59. The van der Waals surface area contributed by atoms with E-state index in [0.717, 1.165) is 18.4 Å². The molecule has 3 rings (SSSR count). The Labute approximate surface area is 154 Å². The summed E-state index contributed by atoms with van der Waals surface area (Å²) in [4.78, 5) is 0. The molecule has 136 valence electrons. The second-order valence-electron chi connectivity index (χ2n) is 9.03. The summed E-state index contributed by atoms with van der Waals surface area (Å²) in [5, 5.41) is 0. The summed E-state index contributed by atoms with van der Waals surface area (Å²) >= 11 is 0. The number of epoxide rings is 1. The lowest BCUT2D eigenvalue weighted by atomic mass is 9.66. The number of hydrogen-bond acceptors (Lipinski definition) is 2. The highest BCUT2D eigenvalue weighted by atomic mass is 28.4. The van der Waals surface area contributed by atoms with Crippen LogP contribution in [-0.2, 0) is 9.16 Å². The van der Waals surface area contributed by atoms with Crippen LogP contribution in [0.1, 0.15) is 45.6 Å². The zero-order chi connectivity index (χ0) is 18.3. The van der Waals surface area contributed by atoms with Gasteiger partial charge >= 0.3 is 0 Å². The van der Waals surface area contributed by atoms with Crippen LogP contribution in [0.5, 0.6) is 0 Å². The van der Waals surface area contributed by atoms with E-state index in [2.05, 4.69) is 64.4 Å². The van der Waals surface area contributed by atoms with E-state index in [4.69, 9.17) is 9.16 Å². The van der Waals surface area contributed by atoms with Crippen molar-refractivity contribution in [1.29, 1.82) is 0 Å². The predicted molar refractivity (Wildman–Crippen MR) is 106 cm³/mol. The van der Waals surface area contributed by atoms with Crippen LogP contribution in [0.3, 0.4) is 0 Å². The Morgan fingerprint density at radius 2 is 1.88 bits per heavy atom. The monoisotopic (exact) mass is 356 g/mol. The summed E-state index contributed by atoms with van der Waals surface area (Å²) < 4.78 is 13.3. The summed E-state index contributed by atoms with van der Waals surface area (Å²) in [6.45, 7) is 13.6. The number of hydrogen-bond donors (Lipinski definition) is 0. The predicted octanol–water partition coefficient (Wildman–Crippen LogP) is 5.24. The average Bonchev–Trinajstić information content (AvgIpc) is 3.26. The normalized spacial score (nSPS) is 34.7. The first-order chi connectivity index (χ1) is 11.7. The number of rotatable bonds is 3. The topological polar surface area (TPSA) is 21.8 Å². The molecule has 0 bridgehead atoms. The van der Waals surface area contributed by atoms with Crippen molar-refractivity contribution in [3.63, 3.8) is 0 Å². The standard InChI is InChI=1S/C22H32O2Si/c1-17(2)20-22(23-20)15-10-11-18(3)21(22,24-25(4,5)6)16-14-19-12-8-7-9-13-19/h7-9,12-13,17-18,20H,10-11,15H2,1-6H3/t18-,20-,21+,22+/m0/s1. The first kappa shape index (κ1) is 18.7. The van der Waals surface area contributed by atoms with Crippen LogP contribution >= 0.6 is 0 Å². The van der Waals surface area contributed by atoms with Crippen LogP contribution in [-0.4, -0.2) is 25.6 Å². The second kappa shape index (κ2) is 6.58. The van der Waals surface area contributed by atoms with Crippen molar-refractivity contribution in [1.82, 2.24) is 0 Å². The minimum atomic E-state index is -1.79. The molecule has 1 saturated carbocycles. The van der Waals surface area contributed by atoms with Crippen molar-refractivity contribution in [3.05, 3.63) is 35.9 Å². The molecule has 2 nitrogen and oxygen atoms in total. The molecule has 1 aromatic carbocycles. The first-order valence-electron chi connectivity index (χ1n) is 9.66. The Hall–Kier alpha value is -1.08. The molecule has 0 aromatic heterocycles. The van der Waals surface area contributed by atoms with E-state index in [9.17, 15) is 0 Å². The summed E-state index contributed by atoms with van der Waals surface area (Å²) in [5.74, 6) is 7.94. The Morgan fingerprint density at radius 1 is 1.20 bits per heavy atom. The lowest BCUT2D eigenvalue weighted by Gasteiger charge is -2.47. The molecule has 1 saturated heterocycles. The van der Waals surface area contributed by atoms with Crippen molar-refractivity contribution in [2.45, 2.75) is 77.0 Å². The minimum Gasteiger partial charge on any atom is -0.399 e. The van der Waals surface area contributed by atoms with Gasteiger partial charge in [0.1, 0.15) is 5.60 Å². The van der Waals surface area contributed by atoms with Crippen LogP contribution in [0.25, 0.3) is 0 Å². The molecule has 2 fully saturated rings. The van der Waals surface area contributed by atoms with Crippen LogP contribution in [0.15, 0.2) is 30.3 Å². The van der Waals surface area contributed by atoms with Crippen LogP contribution in [0, 0.1) is 23.7 Å². The Kier molecular flexibility index (Phi) is 4.92. The highest BCUT2D eigenvalue weighted by molar-refractivity contribution is 6.69.